The van der Waals surface area contributed by atoms with Crippen molar-refractivity contribution in [2.75, 3.05) is 6.54 Å². The van der Waals surface area contributed by atoms with Gasteiger partial charge in [-0.15, -0.1) is 0 Å². The summed E-state index contributed by atoms with van der Waals surface area (Å²) < 4.78 is 0. The fourth-order valence-electron chi connectivity index (χ4n) is 2.15. The summed E-state index contributed by atoms with van der Waals surface area (Å²) in [4.78, 5) is 4.16. The van der Waals surface area contributed by atoms with E-state index >= 15 is 0 Å². The molecule has 0 bridgehead atoms. The van der Waals surface area contributed by atoms with Crippen LogP contribution in [-0.4, -0.2) is 11.5 Å². The molecule has 4 heteroatoms. The molecule has 2 rings (SSSR count). The normalized spacial score (nSPS) is 12.3. The molecule has 0 saturated carbocycles. The summed E-state index contributed by atoms with van der Waals surface area (Å²) in [5.74, 6) is 0. The van der Waals surface area contributed by atoms with Crippen molar-refractivity contribution in [2.45, 2.75) is 25.8 Å². The van der Waals surface area contributed by atoms with E-state index in [4.69, 9.17) is 23.2 Å². The lowest BCUT2D eigenvalue weighted by Gasteiger charge is -2.20. The third-order valence-corrected chi connectivity index (χ3v) is 3.99. The van der Waals surface area contributed by atoms with E-state index in [1.807, 2.05) is 30.5 Å². The lowest BCUT2D eigenvalue weighted by molar-refractivity contribution is 0.529. The summed E-state index contributed by atoms with van der Waals surface area (Å²) in [5.41, 5.74) is 2.22. The highest BCUT2D eigenvalue weighted by Gasteiger charge is 2.16. The van der Waals surface area contributed by atoms with Gasteiger partial charge in [-0.3, -0.25) is 4.98 Å². The second kappa shape index (κ2) is 7.63. The van der Waals surface area contributed by atoms with Crippen molar-refractivity contribution in [1.29, 1.82) is 0 Å². The van der Waals surface area contributed by atoms with Crippen LogP contribution in [0.4, 0.5) is 0 Å². The number of nitrogens with zero attached hydrogens (tertiary/aromatic N) is 1. The van der Waals surface area contributed by atoms with Crippen LogP contribution in [-0.2, 0) is 6.42 Å². The molecular weight excluding hydrogens is 291 g/mol. The highest BCUT2D eigenvalue weighted by atomic mass is 35.5. The number of nitrogens with one attached hydrogen (secondary N) is 1. The Morgan fingerprint density at radius 2 is 2.05 bits per heavy atom. The Bertz CT molecular complexity index is 543. The third-order valence-electron chi connectivity index (χ3n) is 3.16. The lowest BCUT2D eigenvalue weighted by Crippen LogP contribution is -2.24. The number of hydrogen-bond acceptors (Lipinski definition) is 2. The van der Waals surface area contributed by atoms with E-state index in [9.17, 15) is 0 Å². The van der Waals surface area contributed by atoms with Gasteiger partial charge in [-0.2, -0.15) is 0 Å². The average molecular weight is 309 g/mol. The molecule has 1 atom stereocenters. The Hall–Kier alpha value is -1.09. The maximum Gasteiger partial charge on any atom is 0.0640 e. The maximum atomic E-state index is 6.35. The van der Waals surface area contributed by atoms with E-state index < -0.39 is 0 Å². The molecule has 0 fully saturated rings. The smallest absolute Gasteiger partial charge is 0.0640 e. The van der Waals surface area contributed by atoms with Crippen molar-refractivity contribution in [1.82, 2.24) is 10.3 Å². The zero-order valence-corrected chi connectivity index (χ0v) is 13.0. The molecule has 0 saturated heterocycles. The highest BCUT2D eigenvalue weighted by molar-refractivity contribution is 6.42. The highest BCUT2D eigenvalue weighted by Crippen LogP contribution is 2.31. The van der Waals surface area contributed by atoms with Crippen molar-refractivity contribution < 1.29 is 0 Å². The van der Waals surface area contributed by atoms with Gasteiger partial charge in [-0.1, -0.05) is 48.3 Å². The van der Waals surface area contributed by atoms with E-state index in [1.165, 1.54) is 5.56 Å². The molecule has 1 aromatic heterocycles. The van der Waals surface area contributed by atoms with Gasteiger partial charge in [0.15, 0.2) is 0 Å². The van der Waals surface area contributed by atoms with E-state index in [0.29, 0.717) is 10.0 Å². The monoisotopic (exact) mass is 308 g/mol. The Labute approximate surface area is 130 Å². The molecule has 20 heavy (non-hydrogen) atoms. The molecule has 0 radical (unpaired) electrons. The lowest BCUT2D eigenvalue weighted by atomic mass is 9.99. The first kappa shape index (κ1) is 15.3. The minimum absolute atomic E-state index is 0.144. The first-order chi connectivity index (χ1) is 9.72. The minimum atomic E-state index is 0.144. The largest absolute Gasteiger partial charge is 0.310 e. The van der Waals surface area contributed by atoms with Crippen LogP contribution < -0.4 is 5.32 Å². The van der Waals surface area contributed by atoms with Gasteiger partial charge in [-0.05, 0) is 42.6 Å². The van der Waals surface area contributed by atoms with Crippen molar-refractivity contribution in [3.63, 3.8) is 0 Å². The van der Waals surface area contributed by atoms with E-state index in [-0.39, 0.29) is 6.04 Å². The molecule has 0 aliphatic heterocycles. The van der Waals surface area contributed by atoms with Crippen LogP contribution in [0.5, 0.6) is 0 Å². The number of benzene rings is 1. The summed E-state index contributed by atoms with van der Waals surface area (Å²) in [5, 5.41) is 4.76. The van der Waals surface area contributed by atoms with E-state index in [2.05, 4.69) is 23.3 Å². The van der Waals surface area contributed by atoms with Crippen molar-refractivity contribution in [2.24, 2.45) is 0 Å². The summed E-state index contributed by atoms with van der Waals surface area (Å²) >= 11 is 12.5. The van der Waals surface area contributed by atoms with Crippen LogP contribution in [0.15, 0.2) is 42.7 Å². The number of hydrogen-bond donors (Lipinski definition) is 1. The van der Waals surface area contributed by atoms with Crippen LogP contribution in [0.2, 0.25) is 10.0 Å². The van der Waals surface area contributed by atoms with Crippen LogP contribution in [0.1, 0.15) is 30.5 Å². The van der Waals surface area contributed by atoms with Crippen molar-refractivity contribution >= 4 is 23.2 Å². The maximum absolute atomic E-state index is 6.35. The second-order valence-electron chi connectivity index (χ2n) is 4.72. The Morgan fingerprint density at radius 1 is 1.20 bits per heavy atom. The van der Waals surface area contributed by atoms with Crippen molar-refractivity contribution in [3.8, 4) is 0 Å². The zero-order valence-electron chi connectivity index (χ0n) is 11.4. The molecule has 1 unspecified atom stereocenters. The van der Waals surface area contributed by atoms with Gasteiger partial charge in [0.2, 0.25) is 0 Å². The predicted molar refractivity (Wildman–Crippen MR) is 85.4 cm³/mol. The standard InChI is InChI=1S/C16H18Cl2N2/c1-2-8-20-15(10-12-5-4-9-19-11-12)13-6-3-7-14(17)16(13)18/h3-7,9,11,15,20H,2,8,10H2,1H3. The summed E-state index contributed by atoms with van der Waals surface area (Å²) in [6, 6.07) is 9.95. The first-order valence-electron chi connectivity index (χ1n) is 6.78. The quantitative estimate of drug-likeness (QED) is 0.838. The van der Waals surface area contributed by atoms with E-state index in [0.717, 1.165) is 24.9 Å². The molecule has 1 heterocycles. The molecule has 1 N–H and O–H groups in total. The first-order valence-corrected chi connectivity index (χ1v) is 7.54. The predicted octanol–water partition coefficient (Wildman–Crippen LogP) is 4.67. The zero-order chi connectivity index (χ0) is 14.4. The van der Waals surface area contributed by atoms with Gasteiger partial charge >= 0.3 is 0 Å². The average Bonchev–Trinajstić information content (AvgIpc) is 2.48. The summed E-state index contributed by atoms with van der Waals surface area (Å²) in [6.07, 6.45) is 5.58. The summed E-state index contributed by atoms with van der Waals surface area (Å²) in [7, 11) is 0. The van der Waals surface area contributed by atoms with E-state index in [1.54, 1.807) is 6.20 Å². The van der Waals surface area contributed by atoms with Gasteiger partial charge in [0.25, 0.3) is 0 Å². The molecule has 106 valence electrons. The topological polar surface area (TPSA) is 24.9 Å². The van der Waals surface area contributed by atoms with Gasteiger partial charge in [0.05, 0.1) is 10.0 Å². The molecule has 0 aliphatic rings. The molecular formula is C16H18Cl2N2. The SMILES string of the molecule is CCCNC(Cc1cccnc1)c1cccc(Cl)c1Cl. The number of rotatable bonds is 6. The molecule has 1 aromatic carbocycles. The molecule has 2 nitrogen and oxygen atoms in total. The van der Waals surface area contributed by atoms with Crippen LogP contribution in [0, 0.1) is 0 Å². The van der Waals surface area contributed by atoms with Crippen LogP contribution in [0.25, 0.3) is 0 Å². The fourth-order valence-corrected chi connectivity index (χ4v) is 2.59. The second-order valence-corrected chi connectivity index (χ2v) is 5.50. The Kier molecular flexibility index (Phi) is 5.84. The van der Waals surface area contributed by atoms with Crippen LogP contribution in [0.3, 0.4) is 0 Å². The van der Waals surface area contributed by atoms with Gasteiger partial charge in [-0.25, -0.2) is 0 Å². The van der Waals surface area contributed by atoms with Gasteiger partial charge in [0.1, 0.15) is 0 Å². The molecule has 0 amide bonds. The minimum Gasteiger partial charge on any atom is -0.310 e. The molecule has 0 spiro atoms. The number of aromatic nitrogens is 1. The Morgan fingerprint density at radius 3 is 2.75 bits per heavy atom. The van der Waals surface area contributed by atoms with Gasteiger partial charge in [0, 0.05) is 18.4 Å². The third kappa shape index (κ3) is 3.95. The Balaban J connectivity index is 2.25. The van der Waals surface area contributed by atoms with Gasteiger partial charge < -0.3 is 5.32 Å². The van der Waals surface area contributed by atoms with Crippen LogP contribution >= 0.6 is 23.2 Å². The number of pyridine rings is 1. The van der Waals surface area contributed by atoms with Crippen molar-refractivity contribution in [3.05, 3.63) is 63.9 Å². The molecule has 2 aromatic rings. The number of halogens is 2. The molecule has 0 aliphatic carbocycles. The summed E-state index contributed by atoms with van der Waals surface area (Å²) in [6.45, 7) is 3.08. The fraction of sp³-hybridized carbons (Fsp3) is 0.312.